The molecule has 2 saturated carbocycles. The molecule has 1 aromatic carbocycles. The van der Waals surface area contributed by atoms with E-state index in [9.17, 15) is 4.39 Å². The van der Waals surface area contributed by atoms with Crippen LogP contribution in [0.1, 0.15) is 89.5 Å². The zero-order valence-corrected chi connectivity index (χ0v) is 17.6. The highest BCUT2D eigenvalue weighted by molar-refractivity contribution is 5.36. The Balaban J connectivity index is 1.31. The Morgan fingerprint density at radius 2 is 1.36 bits per heavy atom. The topological polar surface area (TPSA) is 0 Å². The van der Waals surface area contributed by atoms with E-state index in [1.807, 2.05) is 6.08 Å². The summed E-state index contributed by atoms with van der Waals surface area (Å²) in [5.74, 6) is 9.70. The second-order valence-electron chi connectivity index (χ2n) is 9.17. The Kier molecular flexibility index (Phi) is 8.66. The average Bonchev–Trinajstić information content (AvgIpc) is 2.73. The summed E-state index contributed by atoms with van der Waals surface area (Å²) >= 11 is 0. The molecule has 0 unspecified atom stereocenters. The molecule has 28 heavy (non-hydrogen) atoms. The summed E-state index contributed by atoms with van der Waals surface area (Å²) < 4.78 is 12.9. The summed E-state index contributed by atoms with van der Waals surface area (Å²) in [5, 5.41) is 0. The van der Waals surface area contributed by atoms with Gasteiger partial charge in [0.25, 0.3) is 0 Å². The molecule has 2 aliphatic carbocycles. The Bertz CT molecular complexity index is 644. The molecule has 0 aromatic heterocycles. The lowest BCUT2D eigenvalue weighted by Crippen LogP contribution is -2.17. The van der Waals surface area contributed by atoms with Crippen molar-refractivity contribution < 1.29 is 4.39 Å². The predicted molar refractivity (Wildman–Crippen MR) is 117 cm³/mol. The van der Waals surface area contributed by atoms with Crippen LogP contribution in [0.3, 0.4) is 0 Å². The molecule has 2 fully saturated rings. The molecule has 3 rings (SSSR count). The minimum absolute atomic E-state index is 0.206. The minimum Gasteiger partial charge on any atom is -0.207 e. The summed E-state index contributed by atoms with van der Waals surface area (Å²) in [6, 6.07) is 6.40. The molecular formula is C27H37F. The maximum Gasteiger partial charge on any atom is 0.123 e. The molecule has 0 nitrogen and oxygen atoms in total. The van der Waals surface area contributed by atoms with Crippen molar-refractivity contribution in [2.24, 2.45) is 23.7 Å². The van der Waals surface area contributed by atoms with Gasteiger partial charge in [0.15, 0.2) is 0 Å². The SMILES string of the molecule is CCC[C@H]1CC[C@H](CCC2CCC(/C=C/C#Cc3ccc(F)cc3)CC2)CC1. The third-order valence-corrected chi connectivity index (χ3v) is 7.05. The molecule has 0 saturated heterocycles. The lowest BCUT2D eigenvalue weighted by Gasteiger charge is -2.31. The fraction of sp³-hybridized carbons (Fsp3) is 0.630. The summed E-state index contributed by atoms with van der Waals surface area (Å²) in [4.78, 5) is 0. The zero-order chi connectivity index (χ0) is 19.6. The van der Waals surface area contributed by atoms with Crippen molar-refractivity contribution in [3.05, 3.63) is 47.8 Å². The predicted octanol–water partition coefficient (Wildman–Crippen LogP) is 7.93. The number of allylic oxidation sites excluding steroid dienone is 2. The van der Waals surface area contributed by atoms with Crippen LogP contribution in [0.5, 0.6) is 0 Å². The van der Waals surface area contributed by atoms with Crippen LogP contribution in [0.4, 0.5) is 4.39 Å². The van der Waals surface area contributed by atoms with Crippen LogP contribution in [0.25, 0.3) is 0 Å². The second kappa shape index (κ2) is 11.5. The van der Waals surface area contributed by atoms with Gasteiger partial charge in [-0.05, 0) is 79.7 Å². The zero-order valence-electron chi connectivity index (χ0n) is 17.6. The van der Waals surface area contributed by atoms with Gasteiger partial charge in [0, 0.05) is 5.56 Å². The van der Waals surface area contributed by atoms with Gasteiger partial charge >= 0.3 is 0 Å². The third-order valence-electron chi connectivity index (χ3n) is 7.05. The van der Waals surface area contributed by atoms with E-state index in [4.69, 9.17) is 0 Å². The van der Waals surface area contributed by atoms with Gasteiger partial charge in [-0.3, -0.25) is 0 Å². The molecule has 0 amide bonds. The molecule has 1 aromatic rings. The van der Waals surface area contributed by atoms with Crippen LogP contribution >= 0.6 is 0 Å². The van der Waals surface area contributed by atoms with Crippen LogP contribution in [0, 0.1) is 41.3 Å². The first kappa shape index (κ1) is 21.2. The first-order valence-corrected chi connectivity index (χ1v) is 11.7. The molecule has 0 radical (unpaired) electrons. The van der Waals surface area contributed by atoms with E-state index in [2.05, 4.69) is 24.8 Å². The standard InChI is InChI=1S/C27H37F/c1-2-5-22-8-12-25(13-9-22)16-17-26-14-10-23(11-15-26)6-3-4-7-24-18-20-27(28)21-19-24/h3,6,18-23,25-26H,2,5,8-17H2,1H3/b6-3+/t22-,23?,25-,26?. The number of benzene rings is 1. The van der Waals surface area contributed by atoms with Crippen molar-refractivity contribution in [2.75, 3.05) is 0 Å². The van der Waals surface area contributed by atoms with Gasteiger partial charge in [-0.1, -0.05) is 76.2 Å². The van der Waals surface area contributed by atoms with E-state index in [0.717, 1.165) is 23.3 Å². The highest BCUT2D eigenvalue weighted by Gasteiger charge is 2.23. The average molecular weight is 381 g/mol. The van der Waals surface area contributed by atoms with Crippen molar-refractivity contribution in [1.29, 1.82) is 0 Å². The van der Waals surface area contributed by atoms with Gasteiger partial charge in [0.2, 0.25) is 0 Å². The first-order valence-electron chi connectivity index (χ1n) is 11.7. The maximum atomic E-state index is 12.9. The molecular weight excluding hydrogens is 343 g/mol. The number of rotatable bonds is 6. The molecule has 1 heteroatoms. The Labute approximate surface area is 172 Å². The van der Waals surface area contributed by atoms with E-state index in [-0.39, 0.29) is 5.82 Å². The highest BCUT2D eigenvalue weighted by Crippen LogP contribution is 2.37. The van der Waals surface area contributed by atoms with Crippen LogP contribution in [-0.4, -0.2) is 0 Å². The number of hydrogen-bond donors (Lipinski definition) is 0. The van der Waals surface area contributed by atoms with Gasteiger partial charge in [-0.25, -0.2) is 4.39 Å². The van der Waals surface area contributed by atoms with E-state index in [1.165, 1.54) is 89.2 Å². The van der Waals surface area contributed by atoms with E-state index in [1.54, 1.807) is 12.1 Å². The van der Waals surface area contributed by atoms with Crippen LogP contribution in [-0.2, 0) is 0 Å². The maximum absolute atomic E-state index is 12.9. The Hall–Kier alpha value is -1.55. The van der Waals surface area contributed by atoms with Crippen LogP contribution in [0.2, 0.25) is 0 Å². The second-order valence-corrected chi connectivity index (χ2v) is 9.17. The fourth-order valence-corrected chi connectivity index (χ4v) is 5.20. The molecule has 0 bridgehead atoms. The number of hydrogen-bond acceptors (Lipinski definition) is 0. The fourth-order valence-electron chi connectivity index (χ4n) is 5.20. The summed E-state index contributed by atoms with van der Waals surface area (Å²) in [6.07, 6.45) is 21.5. The smallest absolute Gasteiger partial charge is 0.123 e. The van der Waals surface area contributed by atoms with Crippen molar-refractivity contribution in [3.8, 4) is 11.8 Å². The van der Waals surface area contributed by atoms with Gasteiger partial charge in [0.1, 0.15) is 5.82 Å². The normalized spacial score (nSPS) is 28.1. The number of halogens is 1. The summed E-state index contributed by atoms with van der Waals surface area (Å²) in [6.45, 7) is 2.33. The van der Waals surface area contributed by atoms with Gasteiger partial charge < -0.3 is 0 Å². The highest BCUT2D eigenvalue weighted by atomic mass is 19.1. The molecule has 0 spiro atoms. The molecule has 2 aliphatic rings. The molecule has 0 aliphatic heterocycles. The van der Waals surface area contributed by atoms with Crippen molar-refractivity contribution >= 4 is 0 Å². The monoisotopic (exact) mass is 380 g/mol. The summed E-state index contributed by atoms with van der Waals surface area (Å²) in [5.41, 5.74) is 0.874. The van der Waals surface area contributed by atoms with Crippen molar-refractivity contribution in [2.45, 2.75) is 84.0 Å². The Morgan fingerprint density at radius 1 is 0.821 bits per heavy atom. The van der Waals surface area contributed by atoms with Gasteiger partial charge in [-0.15, -0.1) is 0 Å². The lowest BCUT2D eigenvalue weighted by molar-refractivity contribution is 0.221. The van der Waals surface area contributed by atoms with E-state index >= 15 is 0 Å². The van der Waals surface area contributed by atoms with E-state index in [0.29, 0.717) is 5.92 Å². The first-order chi connectivity index (χ1) is 13.7. The molecule has 0 heterocycles. The lowest BCUT2D eigenvalue weighted by atomic mass is 9.75. The molecule has 0 N–H and O–H groups in total. The molecule has 0 atom stereocenters. The van der Waals surface area contributed by atoms with Crippen molar-refractivity contribution in [1.82, 2.24) is 0 Å². The van der Waals surface area contributed by atoms with Crippen LogP contribution in [0.15, 0.2) is 36.4 Å². The van der Waals surface area contributed by atoms with Crippen LogP contribution < -0.4 is 0 Å². The Morgan fingerprint density at radius 3 is 1.93 bits per heavy atom. The van der Waals surface area contributed by atoms with Gasteiger partial charge in [0.05, 0.1) is 0 Å². The van der Waals surface area contributed by atoms with E-state index < -0.39 is 0 Å². The largest absolute Gasteiger partial charge is 0.207 e. The van der Waals surface area contributed by atoms with Gasteiger partial charge in [-0.2, -0.15) is 0 Å². The third kappa shape index (κ3) is 7.12. The van der Waals surface area contributed by atoms with Crippen molar-refractivity contribution in [3.63, 3.8) is 0 Å². The minimum atomic E-state index is -0.206. The quantitative estimate of drug-likeness (QED) is 0.440. The molecule has 152 valence electrons. The summed E-state index contributed by atoms with van der Waals surface area (Å²) in [7, 11) is 0.